The van der Waals surface area contributed by atoms with Crippen LogP contribution in [0.1, 0.15) is 80.6 Å². The lowest BCUT2D eigenvalue weighted by Crippen LogP contribution is -2.49. The highest BCUT2D eigenvalue weighted by atomic mass is 16.3. The second-order valence-electron chi connectivity index (χ2n) is 11.9. The Morgan fingerprint density at radius 2 is 1.82 bits per heavy atom. The van der Waals surface area contributed by atoms with Crippen LogP contribution in [0.2, 0.25) is 0 Å². The number of benzene rings is 1. The smallest absolute Gasteiger partial charge is 0.120 e. The third-order valence-electron chi connectivity index (χ3n) is 9.14. The molecule has 4 aliphatic rings. The molecule has 4 atom stereocenters. The summed E-state index contributed by atoms with van der Waals surface area (Å²) >= 11 is 0. The zero-order chi connectivity index (χ0) is 26.4. The van der Waals surface area contributed by atoms with Gasteiger partial charge in [-0.1, -0.05) is 98.0 Å². The van der Waals surface area contributed by atoms with Gasteiger partial charge in [0.15, 0.2) is 0 Å². The Labute approximate surface area is 228 Å². The summed E-state index contributed by atoms with van der Waals surface area (Å²) in [5, 5.41) is 0. The number of allylic oxidation sites excluding steroid dienone is 12. The van der Waals surface area contributed by atoms with Crippen LogP contribution in [0.25, 0.3) is 17.7 Å². The van der Waals surface area contributed by atoms with Crippen molar-refractivity contribution in [3.8, 4) is 0 Å². The molecule has 1 aromatic carbocycles. The molecule has 0 aliphatic heterocycles. The van der Waals surface area contributed by atoms with Crippen molar-refractivity contribution < 1.29 is 4.42 Å². The van der Waals surface area contributed by atoms with Crippen LogP contribution >= 0.6 is 0 Å². The Morgan fingerprint density at radius 3 is 2.63 bits per heavy atom. The summed E-state index contributed by atoms with van der Waals surface area (Å²) in [6, 6.07) is 8.78. The van der Waals surface area contributed by atoms with Gasteiger partial charge in [0, 0.05) is 47.2 Å². The fourth-order valence-electron chi connectivity index (χ4n) is 6.91. The average Bonchev–Trinajstić information content (AvgIpc) is 3.32. The third-order valence-corrected chi connectivity index (χ3v) is 9.14. The van der Waals surface area contributed by atoms with E-state index in [1.54, 1.807) is 0 Å². The molecule has 1 aromatic heterocycles. The van der Waals surface area contributed by atoms with E-state index < -0.39 is 0 Å². The lowest BCUT2D eigenvalue weighted by atomic mass is 9.71. The third kappa shape index (κ3) is 4.11. The number of rotatable bonds is 5. The van der Waals surface area contributed by atoms with Gasteiger partial charge < -0.3 is 9.32 Å². The van der Waals surface area contributed by atoms with Crippen molar-refractivity contribution in [1.29, 1.82) is 0 Å². The summed E-state index contributed by atoms with van der Waals surface area (Å²) < 4.78 is 6.95. The molecule has 4 unspecified atom stereocenters. The number of furan rings is 1. The Balaban J connectivity index is 1.38. The fourth-order valence-corrected chi connectivity index (χ4v) is 6.91. The minimum atomic E-state index is -0.185. The Morgan fingerprint density at radius 1 is 1.00 bits per heavy atom. The molecular formula is C36H39NO. The molecule has 2 heteroatoms. The molecule has 0 radical (unpaired) electrons. The van der Waals surface area contributed by atoms with Gasteiger partial charge in [-0.15, -0.1) is 0 Å². The second-order valence-corrected chi connectivity index (χ2v) is 11.9. The van der Waals surface area contributed by atoms with Crippen LogP contribution in [0.5, 0.6) is 0 Å². The molecule has 194 valence electrons. The highest BCUT2D eigenvalue weighted by Gasteiger charge is 2.45. The largest absolute Gasteiger partial charge is 0.464 e. The molecule has 2 nitrogen and oxygen atoms in total. The van der Waals surface area contributed by atoms with Crippen LogP contribution in [0.15, 0.2) is 95.0 Å². The van der Waals surface area contributed by atoms with Crippen LogP contribution in [-0.4, -0.2) is 12.6 Å². The molecule has 38 heavy (non-hydrogen) atoms. The fraction of sp³-hybridized carbons (Fsp3) is 0.333. The summed E-state index contributed by atoms with van der Waals surface area (Å²) in [6.07, 6.45) is 29.5. The van der Waals surface area contributed by atoms with Gasteiger partial charge in [-0.2, -0.15) is 0 Å². The van der Waals surface area contributed by atoms with E-state index >= 15 is 0 Å². The van der Waals surface area contributed by atoms with Crippen molar-refractivity contribution in [3.05, 3.63) is 119 Å². The summed E-state index contributed by atoms with van der Waals surface area (Å²) in [6.45, 7) is 9.34. The van der Waals surface area contributed by atoms with Crippen LogP contribution in [-0.2, 0) is 0 Å². The van der Waals surface area contributed by atoms with Crippen molar-refractivity contribution in [2.45, 2.75) is 57.9 Å². The summed E-state index contributed by atoms with van der Waals surface area (Å²) in [5.41, 5.74) is 7.62. The molecule has 0 N–H and O–H groups in total. The zero-order valence-electron chi connectivity index (χ0n) is 23.3. The quantitative estimate of drug-likeness (QED) is 0.406. The van der Waals surface area contributed by atoms with E-state index in [0.29, 0.717) is 11.8 Å². The number of likely N-dealkylation sites (N-methyl/N-ethyl adjacent to an activating group) is 1. The van der Waals surface area contributed by atoms with Crippen LogP contribution < -0.4 is 4.90 Å². The van der Waals surface area contributed by atoms with Crippen LogP contribution in [0, 0.1) is 11.8 Å². The number of hydrogen-bond donors (Lipinski definition) is 0. The first-order valence-electron chi connectivity index (χ1n) is 14.1. The maximum absolute atomic E-state index is 6.95. The van der Waals surface area contributed by atoms with Crippen molar-refractivity contribution in [1.82, 2.24) is 0 Å². The first-order valence-corrected chi connectivity index (χ1v) is 14.1. The lowest BCUT2D eigenvalue weighted by molar-refractivity contribution is 0.280. The highest BCUT2D eigenvalue weighted by molar-refractivity contribution is 5.80. The Hall–Kier alpha value is -3.52. The van der Waals surface area contributed by atoms with Crippen molar-refractivity contribution >= 4 is 23.4 Å². The summed E-state index contributed by atoms with van der Waals surface area (Å²) in [7, 11) is 2.25. The van der Waals surface area contributed by atoms with Gasteiger partial charge in [-0.05, 0) is 62.3 Å². The van der Waals surface area contributed by atoms with E-state index in [4.69, 9.17) is 4.42 Å². The number of nitrogens with zero attached hydrogens (tertiary/aromatic N) is 1. The second kappa shape index (κ2) is 9.66. The van der Waals surface area contributed by atoms with Crippen LogP contribution in [0.3, 0.4) is 0 Å². The lowest BCUT2D eigenvalue weighted by Gasteiger charge is -2.46. The van der Waals surface area contributed by atoms with E-state index in [-0.39, 0.29) is 17.4 Å². The van der Waals surface area contributed by atoms with Gasteiger partial charge >= 0.3 is 0 Å². The van der Waals surface area contributed by atoms with E-state index in [1.807, 2.05) is 0 Å². The molecular weight excluding hydrogens is 462 g/mol. The van der Waals surface area contributed by atoms with Gasteiger partial charge in [0.05, 0.1) is 0 Å². The minimum absolute atomic E-state index is 0.185. The molecule has 0 amide bonds. The molecule has 6 rings (SSSR count). The number of para-hydroxylation sites is 1. The van der Waals surface area contributed by atoms with E-state index in [1.165, 1.54) is 33.5 Å². The molecule has 1 heterocycles. The molecule has 4 aliphatic carbocycles. The normalized spacial score (nSPS) is 25.6. The monoisotopic (exact) mass is 501 g/mol. The molecule has 0 saturated carbocycles. The van der Waals surface area contributed by atoms with Gasteiger partial charge in [0.25, 0.3) is 0 Å². The van der Waals surface area contributed by atoms with Crippen molar-refractivity contribution in [2.24, 2.45) is 11.8 Å². The first-order chi connectivity index (χ1) is 18.4. The molecule has 0 spiro atoms. The minimum Gasteiger partial charge on any atom is -0.464 e. The van der Waals surface area contributed by atoms with Gasteiger partial charge in [0.2, 0.25) is 0 Å². The topological polar surface area (TPSA) is 16.4 Å². The predicted octanol–water partition coefficient (Wildman–Crippen LogP) is 9.47. The number of anilines is 1. The zero-order valence-corrected chi connectivity index (χ0v) is 23.3. The van der Waals surface area contributed by atoms with Gasteiger partial charge in [-0.3, -0.25) is 0 Å². The number of hydrogen-bond acceptors (Lipinski definition) is 2. The molecule has 2 aromatic rings. The van der Waals surface area contributed by atoms with Gasteiger partial charge in [0.1, 0.15) is 11.5 Å². The maximum Gasteiger partial charge on any atom is 0.120 e. The maximum atomic E-state index is 6.95. The SMILES string of the molecule is CC1=CC2C=CC=CC2c2oc3c(c21)C=CC(C)C3C(C)(C)N(C)c1ccccc1/C=C/C1=CC=CCC1. The standard InChI is InChI=1S/C36H39NO/c1-24-19-22-30-32-25(2)23-28-16-9-11-17-29(28)34(32)38-35(30)33(24)36(3,4)37(5)31-18-12-10-15-27(31)21-20-26-13-7-6-8-14-26/h6-7,9-13,15-24,28-29,33H,8,14H2,1-5H3/b21-20+. The van der Waals surface area contributed by atoms with Crippen LogP contribution in [0.4, 0.5) is 5.69 Å². The van der Waals surface area contributed by atoms with Crippen molar-refractivity contribution in [2.75, 3.05) is 11.9 Å². The molecule has 0 bridgehead atoms. The van der Waals surface area contributed by atoms with E-state index in [0.717, 1.165) is 24.4 Å². The first kappa shape index (κ1) is 24.8. The number of fused-ring (bicyclic) bond motifs is 5. The molecule has 0 saturated heterocycles. The van der Waals surface area contributed by atoms with Crippen molar-refractivity contribution in [3.63, 3.8) is 0 Å². The van der Waals surface area contributed by atoms with E-state index in [9.17, 15) is 0 Å². The average molecular weight is 502 g/mol. The van der Waals surface area contributed by atoms with E-state index in [2.05, 4.69) is 137 Å². The summed E-state index contributed by atoms with van der Waals surface area (Å²) in [5.74, 6) is 3.52. The van der Waals surface area contributed by atoms with Gasteiger partial charge in [-0.25, -0.2) is 0 Å². The summed E-state index contributed by atoms with van der Waals surface area (Å²) in [4.78, 5) is 2.47. The Kier molecular flexibility index (Phi) is 6.30. The Bertz CT molecular complexity index is 1450. The highest BCUT2D eigenvalue weighted by Crippen LogP contribution is 2.52. The molecule has 0 fully saturated rings. The predicted molar refractivity (Wildman–Crippen MR) is 162 cm³/mol.